The summed E-state index contributed by atoms with van der Waals surface area (Å²) in [4.78, 5) is 61.6. The molecule has 12 aromatic rings. The molecule has 0 N–H and O–H groups in total. The molecule has 2 amide bonds. The fourth-order valence-electron chi connectivity index (χ4n) is 9.63. The molecule has 0 fully saturated rings. The summed E-state index contributed by atoms with van der Waals surface area (Å²) in [5, 5.41) is 1.82. The van der Waals surface area contributed by atoms with Crippen LogP contribution in [-0.4, -0.2) is 46.3 Å². The van der Waals surface area contributed by atoms with Crippen molar-refractivity contribution in [3.8, 4) is 85.1 Å². The number of aromatic nitrogens is 7. The Hall–Kier alpha value is -10.1. The van der Waals surface area contributed by atoms with E-state index in [1.54, 1.807) is 6.07 Å². The Morgan fingerprint density at radius 2 is 0.625 bits per heavy atom. The van der Waals surface area contributed by atoms with Crippen LogP contribution in [0.2, 0.25) is 0 Å². The Morgan fingerprint density at radius 1 is 0.278 bits per heavy atom. The summed E-state index contributed by atoms with van der Waals surface area (Å²) in [5.41, 5.74) is 9.70. The van der Waals surface area contributed by atoms with Gasteiger partial charge in [-0.2, -0.15) is 0 Å². The molecule has 0 bridgehead atoms. The minimum absolute atomic E-state index is 0.288. The molecule has 338 valence electrons. The molecule has 72 heavy (non-hydrogen) atoms. The quantitative estimate of drug-likeness (QED) is 0.131. The second-order valence-electron chi connectivity index (χ2n) is 17.4. The number of hydrogen-bond donors (Lipinski definition) is 0. The van der Waals surface area contributed by atoms with Crippen molar-refractivity contribution in [2.75, 3.05) is 4.90 Å². The number of amides is 2. The van der Waals surface area contributed by atoms with Crippen LogP contribution in [0.4, 0.5) is 5.69 Å². The molecule has 0 spiro atoms. The molecule has 10 heteroatoms. The highest BCUT2D eigenvalue weighted by molar-refractivity contribution is 6.36. The van der Waals surface area contributed by atoms with Crippen LogP contribution in [0.5, 0.6) is 0 Å². The lowest BCUT2D eigenvalue weighted by atomic mass is 10.0. The number of rotatable bonds is 9. The van der Waals surface area contributed by atoms with E-state index in [1.807, 2.05) is 200 Å². The molecule has 3 aromatic heterocycles. The number of nitrogens with zero attached hydrogens (tertiary/aromatic N) is 8. The number of para-hydroxylation sites is 1. The average molecular weight is 927 g/mol. The minimum Gasteiger partial charge on any atom is -0.308 e. The van der Waals surface area contributed by atoms with Crippen molar-refractivity contribution >= 4 is 39.3 Å². The molecule has 0 atom stereocenters. The van der Waals surface area contributed by atoms with Gasteiger partial charge in [0.2, 0.25) is 0 Å². The van der Waals surface area contributed by atoms with Crippen LogP contribution in [0.15, 0.2) is 231 Å². The maximum absolute atomic E-state index is 15.3. The molecular weight excluding hydrogens is 889 g/mol. The lowest BCUT2D eigenvalue weighted by molar-refractivity contribution is 0.0926. The van der Waals surface area contributed by atoms with Gasteiger partial charge in [-0.1, -0.05) is 200 Å². The summed E-state index contributed by atoms with van der Waals surface area (Å²) in [6, 6.07) is 74.6. The first kappa shape index (κ1) is 42.1. The van der Waals surface area contributed by atoms with Gasteiger partial charge in [-0.05, 0) is 35.9 Å². The topological polar surface area (TPSA) is 120 Å². The number of carbonyl (C=O) groups excluding carboxylic acids is 2. The van der Waals surface area contributed by atoms with E-state index in [1.165, 1.54) is 4.90 Å². The summed E-state index contributed by atoms with van der Waals surface area (Å²) in [5.74, 6) is 2.26. The Balaban J connectivity index is 1.05. The Morgan fingerprint density at radius 3 is 1.06 bits per heavy atom. The van der Waals surface area contributed by atoms with Gasteiger partial charge in [-0.3, -0.25) is 9.59 Å². The van der Waals surface area contributed by atoms with E-state index in [0.29, 0.717) is 51.9 Å². The first-order chi connectivity index (χ1) is 35.5. The van der Waals surface area contributed by atoms with Gasteiger partial charge in [-0.15, -0.1) is 0 Å². The summed E-state index contributed by atoms with van der Waals surface area (Å²) >= 11 is 0. The Labute approximate surface area is 413 Å². The smallest absolute Gasteiger partial charge is 0.268 e. The summed E-state index contributed by atoms with van der Waals surface area (Å²) in [7, 11) is 0. The number of carbonyl (C=O) groups is 2. The summed E-state index contributed by atoms with van der Waals surface area (Å²) in [6.45, 7) is 0. The van der Waals surface area contributed by atoms with E-state index in [4.69, 9.17) is 29.9 Å². The molecule has 13 rings (SSSR count). The molecule has 0 saturated carbocycles. The van der Waals surface area contributed by atoms with Gasteiger partial charge in [0.1, 0.15) is 0 Å². The van der Waals surface area contributed by atoms with E-state index in [2.05, 4.69) is 28.8 Å². The van der Waals surface area contributed by atoms with Gasteiger partial charge in [0.25, 0.3) is 11.8 Å². The normalized spacial score (nSPS) is 12.2. The van der Waals surface area contributed by atoms with E-state index >= 15 is 4.79 Å². The molecule has 1 aliphatic rings. The monoisotopic (exact) mass is 926 g/mol. The standard InChI is InChI=1S/C62H38N8O2/c71-61-49-30-18-32-51(54(49)62(72)70(61)50-31-17-16-29-46(50)39-19-6-1-7-20-39)69-52-37-44(59-65-55(40-21-8-2-9-22-40)63-56(66-59)41-23-10-3-11-24-41)33-35-47(52)48-36-34-45(38-53(48)69)60-67-57(42-25-12-4-13-26-42)64-58(68-60)43-27-14-5-15-28-43/h1-38H. The van der Waals surface area contributed by atoms with E-state index in [-0.39, 0.29) is 5.56 Å². The largest absolute Gasteiger partial charge is 0.308 e. The molecule has 4 heterocycles. The number of anilines is 1. The van der Waals surface area contributed by atoms with Crippen molar-refractivity contribution in [3.05, 3.63) is 242 Å². The van der Waals surface area contributed by atoms with Crippen LogP contribution in [0, 0.1) is 0 Å². The zero-order valence-electron chi connectivity index (χ0n) is 38.3. The molecule has 0 aliphatic carbocycles. The van der Waals surface area contributed by atoms with Gasteiger partial charge in [-0.25, -0.2) is 34.8 Å². The molecule has 10 nitrogen and oxygen atoms in total. The maximum Gasteiger partial charge on any atom is 0.268 e. The highest BCUT2D eigenvalue weighted by Crippen LogP contribution is 2.42. The SMILES string of the molecule is O=C1c2cccc(-n3c4cc(-c5nc(-c6ccccc6)nc(-c6ccccc6)n5)ccc4c4ccc(-c5nc(-c6ccccc6)nc(-c6ccccc6)n5)cc43)c2C(=O)N1c1ccccc1-c1ccccc1. The number of benzene rings is 9. The van der Waals surface area contributed by atoms with Crippen LogP contribution < -0.4 is 4.90 Å². The van der Waals surface area contributed by atoms with E-state index in [9.17, 15) is 4.79 Å². The average Bonchev–Trinajstić information content (AvgIpc) is 3.92. The summed E-state index contributed by atoms with van der Waals surface area (Å²) in [6.07, 6.45) is 0. The Kier molecular flexibility index (Phi) is 10.2. The highest BCUT2D eigenvalue weighted by Gasteiger charge is 2.40. The van der Waals surface area contributed by atoms with Crippen molar-refractivity contribution in [1.29, 1.82) is 0 Å². The van der Waals surface area contributed by atoms with E-state index in [0.717, 1.165) is 66.3 Å². The van der Waals surface area contributed by atoms with E-state index < -0.39 is 11.8 Å². The number of imide groups is 1. The van der Waals surface area contributed by atoms with Gasteiger partial charge < -0.3 is 4.57 Å². The van der Waals surface area contributed by atoms with Crippen molar-refractivity contribution in [3.63, 3.8) is 0 Å². The first-order valence-electron chi connectivity index (χ1n) is 23.5. The van der Waals surface area contributed by atoms with Crippen LogP contribution >= 0.6 is 0 Å². The Bertz CT molecular complexity index is 3770. The van der Waals surface area contributed by atoms with Crippen molar-refractivity contribution in [1.82, 2.24) is 34.5 Å². The molecule has 0 unspecified atom stereocenters. The summed E-state index contributed by atoms with van der Waals surface area (Å²) < 4.78 is 2.07. The predicted octanol–water partition coefficient (Wildman–Crippen LogP) is 13.6. The highest BCUT2D eigenvalue weighted by atomic mass is 16.2. The minimum atomic E-state index is -0.425. The molecule has 0 saturated heterocycles. The number of hydrogen-bond acceptors (Lipinski definition) is 8. The number of fused-ring (bicyclic) bond motifs is 4. The van der Waals surface area contributed by atoms with Gasteiger partial charge in [0.05, 0.1) is 33.5 Å². The van der Waals surface area contributed by atoms with Crippen molar-refractivity contribution in [2.45, 2.75) is 0 Å². The van der Waals surface area contributed by atoms with Crippen molar-refractivity contribution in [2.24, 2.45) is 0 Å². The molecule has 9 aromatic carbocycles. The first-order valence-corrected chi connectivity index (χ1v) is 23.5. The molecular formula is C62H38N8O2. The zero-order chi connectivity index (χ0) is 48.1. The van der Waals surface area contributed by atoms with Crippen LogP contribution in [0.25, 0.3) is 107 Å². The zero-order valence-corrected chi connectivity index (χ0v) is 38.3. The van der Waals surface area contributed by atoms with Crippen LogP contribution in [0.1, 0.15) is 20.7 Å². The van der Waals surface area contributed by atoms with Gasteiger partial charge in [0.15, 0.2) is 34.9 Å². The third-order valence-corrected chi connectivity index (χ3v) is 13.0. The second-order valence-corrected chi connectivity index (χ2v) is 17.4. The van der Waals surface area contributed by atoms with Crippen LogP contribution in [0.3, 0.4) is 0 Å². The predicted molar refractivity (Wildman–Crippen MR) is 283 cm³/mol. The van der Waals surface area contributed by atoms with Crippen molar-refractivity contribution < 1.29 is 9.59 Å². The third kappa shape index (κ3) is 7.30. The molecule has 0 radical (unpaired) electrons. The van der Waals surface area contributed by atoms with Gasteiger partial charge in [0, 0.05) is 49.7 Å². The van der Waals surface area contributed by atoms with Crippen LogP contribution in [-0.2, 0) is 0 Å². The van der Waals surface area contributed by atoms with Gasteiger partial charge >= 0.3 is 0 Å². The lowest BCUT2D eigenvalue weighted by Crippen LogP contribution is -2.30. The second kappa shape index (κ2) is 17.5. The maximum atomic E-state index is 15.3. The lowest BCUT2D eigenvalue weighted by Gasteiger charge is -2.19. The fourth-order valence-corrected chi connectivity index (χ4v) is 9.63. The fraction of sp³-hybridized carbons (Fsp3) is 0. The molecule has 1 aliphatic heterocycles. The third-order valence-electron chi connectivity index (χ3n) is 13.0.